The molecule has 0 rings (SSSR count). The fourth-order valence-electron chi connectivity index (χ4n) is 1.45. The molecule has 0 heterocycles. The van der Waals surface area contributed by atoms with Gasteiger partial charge in [-0.25, -0.2) is 0 Å². The third-order valence-corrected chi connectivity index (χ3v) is 2.06. The summed E-state index contributed by atoms with van der Waals surface area (Å²) < 4.78 is 5.35. The average molecular weight is 185 g/mol. The van der Waals surface area contributed by atoms with Crippen molar-refractivity contribution in [1.29, 1.82) is 0 Å². The van der Waals surface area contributed by atoms with E-state index in [0.717, 1.165) is 13.2 Å². The van der Waals surface area contributed by atoms with E-state index in [1.807, 2.05) is 0 Å². The molecular weight excluding hydrogens is 162 g/mol. The number of rotatable bonds is 7. The first kappa shape index (κ1) is 12.7. The van der Waals surface area contributed by atoms with Crippen molar-refractivity contribution in [1.82, 2.24) is 4.90 Å². The summed E-state index contributed by atoms with van der Waals surface area (Å²) in [5.41, 5.74) is 0. The lowest BCUT2D eigenvalue weighted by Crippen LogP contribution is -2.39. The Hall–Kier alpha value is -0.340. The van der Waals surface area contributed by atoms with E-state index in [2.05, 4.69) is 39.2 Å². The van der Waals surface area contributed by atoms with Gasteiger partial charge in [-0.15, -0.1) is 6.58 Å². The quantitative estimate of drug-likeness (QED) is 0.446. The fraction of sp³-hybridized carbons (Fsp3) is 0.818. The molecule has 2 heteroatoms. The van der Waals surface area contributed by atoms with E-state index >= 15 is 0 Å². The van der Waals surface area contributed by atoms with Crippen LogP contribution in [0.5, 0.6) is 0 Å². The van der Waals surface area contributed by atoms with Crippen LogP contribution < -0.4 is 0 Å². The van der Waals surface area contributed by atoms with Crippen LogP contribution in [0.25, 0.3) is 0 Å². The lowest BCUT2D eigenvalue weighted by Gasteiger charge is -2.30. The Morgan fingerprint density at radius 2 is 1.77 bits per heavy atom. The highest BCUT2D eigenvalue weighted by Gasteiger charge is 2.11. The summed E-state index contributed by atoms with van der Waals surface area (Å²) in [5, 5.41) is 0. The van der Waals surface area contributed by atoms with Crippen LogP contribution in [0, 0.1) is 0 Å². The first-order chi connectivity index (χ1) is 6.09. The van der Waals surface area contributed by atoms with E-state index in [1.54, 1.807) is 6.08 Å². The van der Waals surface area contributed by atoms with Gasteiger partial charge in [0.15, 0.2) is 0 Å². The topological polar surface area (TPSA) is 12.5 Å². The molecule has 0 bridgehead atoms. The Morgan fingerprint density at radius 3 is 2.15 bits per heavy atom. The van der Waals surface area contributed by atoms with Crippen LogP contribution in [0.3, 0.4) is 0 Å². The third kappa shape index (κ3) is 5.83. The fourth-order valence-corrected chi connectivity index (χ4v) is 1.45. The summed E-state index contributed by atoms with van der Waals surface area (Å²) >= 11 is 0. The Balaban J connectivity index is 3.63. The summed E-state index contributed by atoms with van der Waals surface area (Å²) in [6, 6.07) is 1.18. The SMILES string of the molecule is C=CCOCCN(C(C)C)C(C)C. The Morgan fingerprint density at radius 1 is 1.23 bits per heavy atom. The summed E-state index contributed by atoms with van der Waals surface area (Å²) in [6.45, 7) is 14.9. The van der Waals surface area contributed by atoms with Crippen molar-refractivity contribution in [2.45, 2.75) is 39.8 Å². The van der Waals surface area contributed by atoms with Crippen molar-refractivity contribution in [2.24, 2.45) is 0 Å². The first-order valence-corrected chi connectivity index (χ1v) is 5.04. The van der Waals surface area contributed by atoms with Crippen LogP contribution >= 0.6 is 0 Å². The maximum atomic E-state index is 5.35. The van der Waals surface area contributed by atoms with E-state index in [9.17, 15) is 0 Å². The van der Waals surface area contributed by atoms with E-state index in [4.69, 9.17) is 4.74 Å². The molecule has 0 aromatic rings. The molecule has 0 aliphatic heterocycles. The molecule has 0 fully saturated rings. The molecule has 0 saturated heterocycles. The molecule has 0 aromatic heterocycles. The van der Waals surface area contributed by atoms with Crippen molar-refractivity contribution in [2.75, 3.05) is 19.8 Å². The van der Waals surface area contributed by atoms with Gasteiger partial charge in [-0.3, -0.25) is 4.90 Å². The number of ether oxygens (including phenoxy) is 1. The minimum absolute atomic E-state index is 0.590. The predicted molar refractivity (Wildman–Crippen MR) is 58.0 cm³/mol. The van der Waals surface area contributed by atoms with Gasteiger partial charge in [-0.1, -0.05) is 6.08 Å². The molecule has 0 unspecified atom stereocenters. The van der Waals surface area contributed by atoms with Crippen LogP contribution in [0.15, 0.2) is 12.7 Å². The highest BCUT2D eigenvalue weighted by Crippen LogP contribution is 2.03. The zero-order valence-corrected chi connectivity index (χ0v) is 9.42. The van der Waals surface area contributed by atoms with Crippen molar-refractivity contribution < 1.29 is 4.74 Å². The van der Waals surface area contributed by atoms with Crippen molar-refractivity contribution in [3.8, 4) is 0 Å². The van der Waals surface area contributed by atoms with Gasteiger partial charge in [0, 0.05) is 18.6 Å². The van der Waals surface area contributed by atoms with E-state index < -0.39 is 0 Å². The molecule has 0 radical (unpaired) electrons. The molecule has 0 spiro atoms. The Bertz CT molecular complexity index is 124. The molecule has 78 valence electrons. The second-order valence-electron chi connectivity index (χ2n) is 3.79. The number of hydrogen-bond acceptors (Lipinski definition) is 2. The largest absolute Gasteiger partial charge is 0.376 e. The van der Waals surface area contributed by atoms with E-state index in [0.29, 0.717) is 18.7 Å². The molecule has 0 aliphatic carbocycles. The van der Waals surface area contributed by atoms with Crippen LogP contribution in [0.2, 0.25) is 0 Å². The minimum Gasteiger partial charge on any atom is -0.376 e. The van der Waals surface area contributed by atoms with Gasteiger partial charge in [0.05, 0.1) is 13.2 Å². The van der Waals surface area contributed by atoms with Crippen molar-refractivity contribution in [3.05, 3.63) is 12.7 Å². The molecule has 2 nitrogen and oxygen atoms in total. The van der Waals surface area contributed by atoms with E-state index in [1.165, 1.54) is 0 Å². The zero-order chi connectivity index (χ0) is 10.3. The molecule has 0 aromatic carbocycles. The number of nitrogens with zero attached hydrogens (tertiary/aromatic N) is 1. The normalized spacial score (nSPS) is 11.6. The maximum absolute atomic E-state index is 5.35. The summed E-state index contributed by atoms with van der Waals surface area (Å²) in [6.07, 6.45) is 1.79. The molecule has 0 atom stereocenters. The first-order valence-electron chi connectivity index (χ1n) is 5.04. The maximum Gasteiger partial charge on any atom is 0.0645 e. The van der Waals surface area contributed by atoms with Gasteiger partial charge in [0.1, 0.15) is 0 Å². The third-order valence-electron chi connectivity index (χ3n) is 2.06. The highest BCUT2D eigenvalue weighted by molar-refractivity contribution is 4.68. The van der Waals surface area contributed by atoms with Crippen molar-refractivity contribution in [3.63, 3.8) is 0 Å². The highest BCUT2D eigenvalue weighted by atomic mass is 16.5. The minimum atomic E-state index is 0.590. The summed E-state index contributed by atoms with van der Waals surface area (Å²) in [7, 11) is 0. The molecule has 0 amide bonds. The van der Waals surface area contributed by atoms with Crippen LogP contribution in [0.4, 0.5) is 0 Å². The smallest absolute Gasteiger partial charge is 0.0645 e. The second kappa shape index (κ2) is 7.10. The van der Waals surface area contributed by atoms with Crippen molar-refractivity contribution >= 4 is 0 Å². The zero-order valence-electron chi connectivity index (χ0n) is 9.42. The molecule has 0 N–H and O–H groups in total. The summed E-state index contributed by atoms with van der Waals surface area (Å²) in [5.74, 6) is 0. The van der Waals surface area contributed by atoms with Crippen LogP contribution in [-0.4, -0.2) is 36.7 Å². The standard InChI is InChI=1S/C11H23NO/c1-6-8-13-9-7-12(10(2)3)11(4)5/h6,10-11H,1,7-9H2,2-5H3. The predicted octanol–water partition coefficient (Wildman–Crippen LogP) is 2.31. The Kier molecular flexibility index (Phi) is 6.92. The van der Waals surface area contributed by atoms with Gasteiger partial charge in [-0.05, 0) is 27.7 Å². The monoisotopic (exact) mass is 185 g/mol. The molecule has 0 aliphatic rings. The van der Waals surface area contributed by atoms with Gasteiger partial charge >= 0.3 is 0 Å². The van der Waals surface area contributed by atoms with Gasteiger partial charge in [0.25, 0.3) is 0 Å². The summed E-state index contributed by atoms with van der Waals surface area (Å²) in [4.78, 5) is 2.42. The lowest BCUT2D eigenvalue weighted by atomic mass is 10.2. The van der Waals surface area contributed by atoms with Crippen LogP contribution in [0.1, 0.15) is 27.7 Å². The average Bonchev–Trinajstić information content (AvgIpc) is 2.02. The number of hydrogen-bond donors (Lipinski definition) is 0. The van der Waals surface area contributed by atoms with E-state index in [-0.39, 0.29) is 0 Å². The van der Waals surface area contributed by atoms with Gasteiger partial charge in [0.2, 0.25) is 0 Å². The van der Waals surface area contributed by atoms with Gasteiger partial charge in [-0.2, -0.15) is 0 Å². The lowest BCUT2D eigenvalue weighted by molar-refractivity contribution is 0.0923. The van der Waals surface area contributed by atoms with Gasteiger partial charge < -0.3 is 4.74 Å². The van der Waals surface area contributed by atoms with Crippen LogP contribution in [-0.2, 0) is 4.74 Å². The Labute approximate surface area is 82.6 Å². The molecular formula is C11H23NO. The second-order valence-corrected chi connectivity index (χ2v) is 3.79. The molecule has 0 saturated carbocycles. The molecule has 13 heavy (non-hydrogen) atoms.